The first-order valence-corrected chi connectivity index (χ1v) is 14.9. The lowest BCUT2D eigenvalue weighted by molar-refractivity contribution is 0.669. The van der Waals surface area contributed by atoms with Gasteiger partial charge < -0.3 is 4.42 Å². The summed E-state index contributed by atoms with van der Waals surface area (Å²) in [5.74, 6) is 1.83. The van der Waals surface area contributed by atoms with Crippen molar-refractivity contribution >= 4 is 43.5 Å². The lowest BCUT2D eigenvalue weighted by Gasteiger charge is -2.10. The molecule has 0 saturated heterocycles. The van der Waals surface area contributed by atoms with Crippen LogP contribution in [0.4, 0.5) is 0 Å². The normalized spacial score (nSPS) is 11.6. The summed E-state index contributed by atoms with van der Waals surface area (Å²) in [6, 6.07) is 45.7. The van der Waals surface area contributed by atoms with Gasteiger partial charge in [-0.15, -0.1) is 0 Å². The van der Waals surface area contributed by atoms with E-state index in [0.717, 1.165) is 60.2 Å². The fourth-order valence-electron chi connectivity index (χ4n) is 6.13. The second-order valence-electron chi connectivity index (χ2n) is 11.2. The molecule has 0 saturated carbocycles. The number of fused-ring (bicyclic) bond motifs is 5. The molecule has 0 N–H and O–H groups in total. The van der Waals surface area contributed by atoms with Gasteiger partial charge in [-0.1, -0.05) is 97.1 Å². The summed E-state index contributed by atoms with van der Waals surface area (Å²) in [4.78, 5) is 19.5. The van der Waals surface area contributed by atoms with E-state index in [1.54, 1.807) is 6.20 Å². The Morgan fingerprint density at radius 2 is 1.13 bits per heavy atom. The molecule has 9 rings (SSSR count). The Balaban J connectivity index is 1.26. The number of benzene rings is 6. The Hall–Kier alpha value is -6.20. The molecule has 0 aliphatic rings. The van der Waals surface area contributed by atoms with Gasteiger partial charge in [-0.25, -0.2) is 15.0 Å². The van der Waals surface area contributed by atoms with E-state index in [1.807, 2.05) is 60.8 Å². The molecule has 6 aromatic carbocycles. The average molecular weight is 577 g/mol. The summed E-state index contributed by atoms with van der Waals surface area (Å²) >= 11 is 0. The van der Waals surface area contributed by atoms with Crippen LogP contribution in [0.1, 0.15) is 0 Å². The van der Waals surface area contributed by atoms with Crippen LogP contribution in [0.25, 0.3) is 88.8 Å². The summed E-state index contributed by atoms with van der Waals surface area (Å²) in [6.45, 7) is 0. The number of furan rings is 1. The van der Waals surface area contributed by atoms with Crippen molar-refractivity contribution in [3.63, 3.8) is 0 Å². The van der Waals surface area contributed by atoms with Gasteiger partial charge in [0, 0.05) is 45.2 Å². The lowest BCUT2D eigenvalue weighted by atomic mass is 9.99. The van der Waals surface area contributed by atoms with Crippen molar-refractivity contribution in [2.75, 3.05) is 0 Å². The highest BCUT2D eigenvalue weighted by atomic mass is 16.3. The zero-order chi connectivity index (χ0) is 29.7. The molecular weight excluding hydrogens is 552 g/mol. The molecule has 3 aromatic heterocycles. The van der Waals surface area contributed by atoms with Crippen LogP contribution in [0.3, 0.4) is 0 Å². The van der Waals surface area contributed by atoms with Crippen molar-refractivity contribution in [3.8, 4) is 45.3 Å². The fourth-order valence-corrected chi connectivity index (χ4v) is 6.13. The maximum absolute atomic E-state index is 6.36. The van der Waals surface area contributed by atoms with Gasteiger partial charge in [-0.2, -0.15) is 0 Å². The third kappa shape index (κ3) is 4.41. The number of hydrogen-bond acceptors (Lipinski definition) is 5. The molecule has 0 spiro atoms. The van der Waals surface area contributed by atoms with E-state index in [0.29, 0.717) is 17.5 Å². The summed E-state index contributed by atoms with van der Waals surface area (Å²) in [5.41, 5.74) is 6.70. The van der Waals surface area contributed by atoms with Crippen LogP contribution in [-0.4, -0.2) is 19.9 Å². The number of pyridine rings is 1. The monoisotopic (exact) mass is 576 g/mol. The standard InChI is InChI=1S/C40H24N4O/c1-3-8-25(9-4-1)28-16-14-26-15-17-30(21-31(26)20-28)39-42-38(27-10-5-2-6-11-27)43-40(44-39)33-12-7-13-35-37(33)34-22-32-24-41-19-18-29(32)23-36(34)45-35/h1-24H. The van der Waals surface area contributed by atoms with Gasteiger partial charge in [-0.05, 0) is 63.7 Å². The quantitative estimate of drug-likeness (QED) is 0.209. The van der Waals surface area contributed by atoms with Gasteiger partial charge in [0.1, 0.15) is 11.2 Å². The van der Waals surface area contributed by atoms with Crippen LogP contribution in [-0.2, 0) is 0 Å². The zero-order valence-corrected chi connectivity index (χ0v) is 24.1. The van der Waals surface area contributed by atoms with Gasteiger partial charge in [0.05, 0.1) is 0 Å². The molecule has 0 aliphatic carbocycles. The van der Waals surface area contributed by atoms with Gasteiger partial charge >= 0.3 is 0 Å². The van der Waals surface area contributed by atoms with Gasteiger partial charge in [0.2, 0.25) is 0 Å². The van der Waals surface area contributed by atoms with Crippen LogP contribution < -0.4 is 0 Å². The molecule has 0 unspecified atom stereocenters. The van der Waals surface area contributed by atoms with Crippen molar-refractivity contribution in [1.29, 1.82) is 0 Å². The Labute approximate surface area is 258 Å². The van der Waals surface area contributed by atoms with E-state index >= 15 is 0 Å². The minimum Gasteiger partial charge on any atom is -0.456 e. The largest absolute Gasteiger partial charge is 0.456 e. The predicted octanol–water partition coefficient (Wildman–Crippen LogP) is 10.1. The average Bonchev–Trinajstić information content (AvgIpc) is 3.48. The predicted molar refractivity (Wildman–Crippen MR) is 182 cm³/mol. The number of rotatable bonds is 4. The third-order valence-corrected chi connectivity index (χ3v) is 8.37. The summed E-state index contributed by atoms with van der Waals surface area (Å²) < 4.78 is 6.36. The maximum atomic E-state index is 6.36. The first-order chi connectivity index (χ1) is 22.3. The summed E-state index contributed by atoms with van der Waals surface area (Å²) in [5, 5.41) is 6.39. The molecule has 0 radical (unpaired) electrons. The van der Waals surface area contributed by atoms with Crippen molar-refractivity contribution in [2.45, 2.75) is 0 Å². The maximum Gasteiger partial charge on any atom is 0.164 e. The molecule has 3 heterocycles. The summed E-state index contributed by atoms with van der Waals surface area (Å²) in [7, 11) is 0. The van der Waals surface area contributed by atoms with Crippen LogP contribution in [0, 0.1) is 0 Å². The molecular formula is C40H24N4O. The Bertz CT molecular complexity index is 2540. The molecule has 0 fully saturated rings. The topological polar surface area (TPSA) is 64.7 Å². The van der Waals surface area contributed by atoms with E-state index in [1.165, 1.54) is 11.1 Å². The van der Waals surface area contributed by atoms with Crippen LogP contribution in [0.5, 0.6) is 0 Å². The van der Waals surface area contributed by atoms with Crippen LogP contribution in [0.2, 0.25) is 0 Å². The molecule has 45 heavy (non-hydrogen) atoms. The molecule has 9 aromatic rings. The second kappa shape index (κ2) is 10.2. The molecule has 210 valence electrons. The molecule has 0 bridgehead atoms. The van der Waals surface area contributed by atoms with E-state index in [-0.39, 0.29) is 0 Å². The van der Waals surface area contributed by atoms with E-state index in [9.17, 15) is 0 Å². The van der Waals surface area contributed by atoms with Crippen molar-refractivity contribution in [2.24, 2.45) is 0 Å². The molecule has 0 atom stereocenters. The van der Waals surface area contributed by atoms with E-state index in [2.05, 4.69) is 83.8 Å². The van der Waals surface area contributed by atoms with Gasteiger partial charge in [0.25, 0.3) is 0 Å². The molecule has 0 aliphatic heterocycles. The van der Waals surface area contributed by atoms with Gasteiger partial charge in [-0.3, -0.25) is 4.98 Å². The lowest BCUT2D eigenvalue weighted by Crippen LogP contribution is -2.00. The van der Waals surface area contributed by atoms with Crippen molar-refractivity contribution in [3.05, 3.63) is 146 Å². The number of hydrogen-bond donors (Lipinski definition) is 0. The Morgan fingerprint density at radius 1 is 0.422 bits per heavy atom. The van der Waals surface area contributed by atoms with Crippen molar-refractivity contribution in [1.82, 2.24) is 19.9 Å². The van der Waals surface area contributed by atoms with Gasteiger partial charge in [0.15, 0.2) is 17.5 Å². The minimum absolute atomic E-state index is 0.594. The van der Waals surface area contributed by atoms with Crippen LogP contribution in [0.15, 0.2) is 150 Å². The highest BCUT2D eigenvalue weighted by Crippen LogP contribution is 2.38. The fraction of sp³-hybridized carbons (Fsp3) is 0. The Kier molecular flexibility index (Phi) is 5.74. The first kappa shape index (κ1) is 25.3. The number of aromatic nitrogens is 4. The third-order valence-electron chi connectivity index (χ3n) is 8.37. The highest BCUT2D eigenvalue weighted by molar-refractivity contribution is 6.15. The molecule has 0 amide bonds. The number of nitrogens with zero attached hydrogens (tertiary/aromatic N) is 4. The minimum atomic E-state index is 0.594. The summed E-state index contributed by atoms with van der Waals surface area (Å²) in [6.07, 6.45) is 3.68. The SMILES string of the molecule is c1ccc(-c2ccc3ccc(-c4nc(-c5ccccc5)nc(-c5cccc6oc7cc8ccncc8cc7c56)n4)cc3c2)cc1. The highest BCUT2D eigenvalue weighted by Gasteiger charge is 2.18. The Morgan fingerprint density at radius 3 is 1.96 bits per heavy atom. The van der Waals surface area contributed by atoms with E-state index < -0.39 is 0 Å². The molecule has 5 nitrogen and oxygen atoms in total. The zero-order valence-electron chi connectivity index (χ0n) is 24.1. The smallest absolute Gasteiger partial charge is 0.164 e. The van der Waals surface area contributed by atoms with Crippen molar-refractivity contribution < 1.29 is 4.42 Å². The molecule has 5 heteroatoms. The van der Waals surface area contributed by atoms with Crippen LogP contribution >= 0.6 is 0 Å². The second-order valence-corrected chi connectivity index (χ2v) is 11.2. The first-order valence-electron chi connectivity index (χ1n) is 14.9. The van der Waals surface area contributed by atoms with E-state index in [4.69, 9.17) is 19.4 Å².